The van der Waals surface area contributed by atoms with E-state index >= 15 is 0 Å². The highest BCUT2D eigenvalue weighted by Crippen LogP contribution is 2.47. The summed E-state index contributed by atoms with van der Waals surface area (Å²) in [6.07, 6.45) is 11.7. The molecule has 0 heterocycles. The zero-order valence-corrected chi connectivity index (χ0v) is 21.2. The molecule has 0 amide bonds. The van der Waals surface area contributed by atoms with Gasteiger partial charge in [0.2, 0.25) is 0 Å². The van der Waals surface area contributed by atoms with Gasteiger partial charge in [-0.1, -0.05) is 26.7 Å². The van der Waals surface area contributed by atoms with Crippen LogP contribution in [0.5, 0.6) is 0 Å². The Balaban J connectivity index is 1.41. The normalized spacial score (nSPS) is 49.9. The van der Waals surface area contributed by atoms with Crippen molar-refractivity contribution in [2.75, 3.05) is 0 Å². The number of ketones is 2. The zero-order chi connectivity index (χ0) is 24.0. The fourth-order valence-corrected chi connectivity index (χ4v) is 7.88. The third-order valence-electron chi connectivity index (χ3n) is 10.1. The Labute approximate surface area is 205 Å². The van der Waals surface area contributed by atoms with Gasteiger partial charge in [0.1, 0.15) is 23.8 Å². The molecule has 0 aliphatic heterocycles. The third kappa shape index (κ3) is 4.65. The highest BCUT2D eigenvalue weighted by molar-refractivity contribution is 6.00. The van der Waals surface area contributed by atoms with E-state index in [2.05, 4.69) is 13.8 Å². The van der Waals surface area contributed by atoms with Gasteiger partial charge in [-0.05, 0) is 76.0 Å². The molecule has 5 fully saturated rings. The van der Waals surface area contributed by atoms with Crippen molar-refractivity contribution in [3.05, 3.63) is 0 Å². The van der Waals surface area contributed by atoms with Crippen molar-refractivity contribution in [2.45, 2.75) is 127 Å². The van der Waals surface area contributed by atoms with E-state index < -0.39 is 36.1 Å². The minimum atomic E-state index is -0.531. The average Bonchev–Trinajstić information content (AvgIpc) is 2.84. The topological polar surface area (TPSA) is 105 Å². The maximum atomic E-state index is 13.7. The highest BCUT2D eigenvalue weighted by Gasteiger charge is 2.61. The number of rotatable bonds is 4. The number of nitrogens with two attached hydrogens (primary N) is 2. The predicted molar refractivity (Wildman–Crippen MR) is 131 cm³/mol. The van der Waals surface area contributed by atoms with E-state index in [1.165, 1.54) is 0 Å². The van der Waals surface area contributed by atoms with E-state index in [0.717, 1.165) is 88.9 Å². The largest absolute Gasteiger partial charge is 0.371 e. The first-order chi connectivity index (χ1) is 16.3. The molecule has 6 nitrogen and oxygen atoms in total. The Hall–Kier alpha value is -0.820. The minimum absolute atomic E-state index is 0.130. The number of hydrogen-bond acceptors (Lipinski definition) is 6. The smallest absolute Gasteiger partial charge is 0.142 e. The average molecular weight is 475 g/mol. The molecule has 5 rings (SSSR count). The molecule has 0 aromatic rings. The lowest BCUT2D eigenvalue weighted by atomic mass is 9.55. The Morgan fingerprint density at radius 3 is 1.29 bits per heavy atom. The van der Waals surface area contributed by atoms with Crippen molar-refractivity contribution in [2.24, 2.45) is 47.0 Å². The second-order valence-electron chi connectivity index (χ2n) is 12.5. The van der Waals surface area contributed by atoms with Crippen molar-refractivity contribution in [1.82, 2.24) is 0 Å². The van der Waals surface area contributed by atoms with Gasteiger partial charge in [-0.25, -0.2) is 0 Å². The molecule has 6 heteroatoms. The van der Waals surface area contributed by atoms with Crippen molar-refractivity contribution in [3.8, 4) is 0 Å². The third-order valence-corrected chi connectivity index (χ3v) is 10.1. The van der Waals surface area contributed by atoms with Crippen molar-refractivity contribution in [1.29, 1.82) is 0 Å². The van der Waals surface area contributed by atoms with Crippen LogP contribution in [0.1, 0.15) is 90.9 Å². The van der Waals surface area contributed by atoms with Gasteiger partial charge in [-0.3, -0.25) is 9.59 Å². The van der Waals surface area contributed by atoms with Crippen molar-refractivity contribution in [3.63, 3.8) is 0 Å². The van der Waals surface area contributed by atoms with Crippen LogP contribution < -0.4 is 11.5 Å². The van der Waals surface area contributed by atoms with E-state index in [-0.39, 0.29) is 35.6 Å². The van der Waals surface area contributed by atoms with Gasteiger partial charge in [0.25, 0.3) is 0 Å². The van der Waals surface area contributed by atoms with Crippen LogP contribution in [-0.2, 0) is 19.1 Å². The van der Waals surface area contributed by atoms with E-state index in [1.54, 1.807) is 0 Å². The maximum Gasteiger partial charge on any atom is 0.142 e. The molecule has 8 unspecified atom stereocenters. The standard InChI is InChI=1S/C28H46N2O4/c1-15-7-11-17(12-8-15)33-27-23(29)21-22(26(32)20-6-4-3-5-19(20)25(21)31)24(30)28(27)34-18-13-9-16(2)10-14-18/h15-24,27-28H,3-14,29-30H2,1-2H3. The molecule has 0 aromatic carbocycles. The van der Waals surface area contributed by atoms with Gasteiger partial charge in [-0.15, -0.1) is 0 Å². The van der Waals surface area contributed by atoms with Gasteiger partial charge in [-0.2, -0.15) is 0 Å². The Kier molecular flexibility index (Phi) is 7.51. The second kappa shape index (κ2) is 10.3. The minimum Gasteiger partial charge on any atom is -0.371 e. The fraction of sp³-hybridized carbons (Fsp3) is 0.929. The lowest BCUT2D eigenvalue weighted by Crippen LogP contribution is -2.72. The number of carbonyl (C=O) groups excluding carboxylic acids is 2. The van der Waals surface area contributed by atoms with Gasteiger partial charge in [0.05, 0.1) is 12.2 Å². The number of ether oxygens (including phenoxy) is 2. The first-order valence-corrected chi connectivity index (χ1v) is 14.2. The van der Waals surface area contributed by atoms with E-state index in [1.807, 2.05) is 0 Å². The van der Waals surface area contributed by atoms with E-state index in [9.17, 15) is 9.59 Å². The first kappa shape index (κ1) is 24.9. The van der Waals surface area contributed by atoms with E-state index in [0.29, 0.717) is 0 Å². The second-order valence-corrected chi connectivity index (χ2v) is 12.5. The van der Waals surface area contributed by atoms with Crippen LogP contribution in [-0.4, -0.2) is 48.1 Å². The molecular weight excluding hydrogens is 428 g/mol. The lowest BCUT2D eigenvalue weighted by Gasteiger charge is -2.54. The van der Waals surface area contributed by atoms with Gasteiger partial charge in [0, 0.05) is 35.8 Å². The predicted octanol–water partition coefficient (Wildman–Crippen LogP) is 3.77. The van der Waals surface area contributed by atoms with Crippen LogP contribution in [0.2, 0.25) is 0 Å². The molecule has 0 saturated heterocycles. The van der Waals surface area contributed by atoms with Crippen molar-refractivity contribution >= 4 is 11.6 Å². The summed E-state index contributed by atoms with van der Waals surface area (Å²) in [6, 6.07) is -1.06. The number of Topliss-reactive ketones (excluding diaryl/α,β-unsaturated/α-hetero) is 2. The lowest BCUT2D eigenvalue weighted by molar-refractivity contribution is -0.193. The summed E-state index contributed by atoms with van der Waals surface area (Å²) in [6.45, 7) is 4.60. The molecule has 0 aromatic heterocycles. The number of hydrogen-bond donors (Lipinski definition) is 2. The number of fused-ring (bicyclic) bond motifs is 2. The van der Waals surface area contributed by atoms with Gasteiger partial charge < -0.3 is 20.9 Å². The van der Waals surface area contributed by atoms with Gasteiger partial charge >= 0.3 is 0 Å². The van der Waals surface area contributed by atoms with Crippen LogP contribution in [0.4, 0.5) is 0 Å². The Bertz CT molecular complexity index is 681. The molecule has 4 N–H and O–H groups in total. The molecule has 5 aliphatic rings. The van der Waals surface area contributed by atoms with Crippen LogP contribution in [0.25, 0.3) is 0 Å². The quantitative estimate of drug-likeness (QED) is 0.643. The SMILES string of the molecule is CC1CCC(OC2C(N)C3C(=O)C4CCCCC4C(=O)C3C(N)C2OC2CCC(C)CC2)CC1. The van der Waals surface area contributed by atoms with Crippen LogP contribution in [0, 0.1) is 35.5 Å². The first-order valence-electron chi connectivity index (χ1n) is 14.2. The molecule has 34 heavy (non-hydrogen) atoms. The van der Waals surface area contributed by atoms with Gasteiger partial charge in [0.15, 0.2) is 0 Å². The summed E-state index contributed by atoms with van der Waals surface area (Å²) in [5, 5.41) is 0. The summed E-state index contributed by atoms with van der Waals surface area (Å²) in [5.74, 6) is 0.401. The molecule has 5 saturated carbocycles. The summed E-state index contributed by atoms with van der Waals surface area (Å²) >= 11 is 0. The summed E-state index contributed by atoms with van der Waals surface area (Å²) in [4.78, 5) is 27.4. The molecule has 5 aliphatic carbocycles. The highest BCUT2D eigenvalue weighted by atomic mass is 16.6. The van der Waals surface area contributed by atoms with Crippen LogP contribution in [0.3, 0.4) is 0 Å². The molecule has 0 bridgehead atoms. The fourth-order valence-electron chi connectivity index (χ4n) is 7.88. The number of carbonyl (C=O) groups is 2. The summed E-state index contributed by atoms with van der Waals surface area (Å²) in [7, 11) is 0. The van der Waals surface area contributed by atoms with Crippen LogP contribution >= 0.6 is 0 Å². The Morgan fingerprint density at radius 1 is 0.588 bits per heavy atom. The summed E-state index contributed by atoms with van der Waals surface area (Å²) < 4.78 is 13.4. The monoisotopic (exact) mass is 474 g/mol. The van der Waals surface area contributed by atoms with Crippen molar-refractivity contribution < 1.29 is 19.1 Å². The van der Waals surface area contributed by atoms with Crippen LogP contribution in [0.15, 0.2) is 0 Å². The maximum absolute atomic E-state index is 13.7. The zero-order valence-electron chi connectivity index (χ0n) is 21.2. The molecule has 192 valence electrons. The molecule has 0 radical (unpaired) electrons. The van der Waals surface area contributed by atoms with E-state index in [4.69, 9.17) is 20.9 Å². The molecule has 8 atom stereocenters. The summed E-state index contributed by atoms with van der Waals surface area (Å²) in [5.41, 5.74) is 13.8. The molecule has 0 spiro atoms. The molecular formula is C28H46N2O4. The Morgan fingerprint density at radius 2 is 0.941 bits per heavy atom.